The fourth-order valence-electron chi connectivity index (χ4n) is 5.73. The quantitative estimate of drug-likeness (QED) is 0.192. The highest BCUT2D eigenvalue weighted by Gasteiger charge is 2.68. The zero-order valence-electron chi connectivity index (χ0n) is 19.0. The molecule has 0 unspecified atom stereocenters. The van der Waals surface area contributed by atoms with E-state index in [1.165, 1.54) is 109 Å². The fraction of sp³-hybridized carbons (Fsp3) is 0.962. The molecule has 3 aliphatic rings. The zero-order valence-corrected chi connectivity index (χ0v) is 19.0. The number of rotatable bonds is 21. The van der Waals surface area contributed by atoms with Crippen LogP contribution in [0.4, 0.5) is 4.39 Å². The molecule has 0 aliphatic heterocycles. The number of hydrogen-bond acceptors (Lipinski definition) is 1. The Balaban J connectivity index is 1.17. The minimum atomic E-state index is -0.703. The molecule has 0 radical (unpaired) electrons. The fourth-order valence-corrected chi connectivity index (χ4v) is 5.73. The van der Waals surface area contributed by atoms with Crippen molar-refractivity contribution < 1.29 is 14.3 Å². The van der Waals surface area contributed by atoms with Gasteiger partial charge in [-0.15, -0.1) is 0 Å². The summed E-state index contributed by atoms with van der Waals surface area (Å²) in [6.45, 7) is 0. The van der Waals surface area contributed by atoms with Gasteiger partial charge in [0.1, 0.15) is 5.67 Å². The summed E-state index contributed by atoms with van der Waals surface area (Å²) in [5.74, 6) is -0.658. The Morgan fingerprint density at radius 2 is 0.897 bits per heavy atom. The van der Waals surface area contributed by atoms with E-state index in [1.807, 2.05) is 0 Å². The highest BCUT2D eigenvalue weighted by atomic mass is 19.1. The third-order valence-corrected chi connectivity index (χ3v) is 7.42. The van der Waals surface area contributed by atoms with E-state index in [4.69, 9.17) is 5.11 Å². The molecule has 0 aromatic rings. The lowest BCUT2D eigenvalue weighted by atomic mass is 9.41. The van der Waals surface area contributed by atoms with Gasteiger partial charge in [-0.05, 0) is 37.5 Å². The SMILES string of the molecule is O=C(O)CCCCCCCCCCCCCCCCCCCCC12CC(F)(C1)C2. The number of halogens is 1. The molecule has 0 amide bonds. The minimum Gasteiger partial charge on any atom is -0.481 e. The molecule has 3 saturated carbocycles. The summed E-state index contributed by atoms with van der Waals surface area (Å²) in [7, 11) is 0. The molecular formula is C26H47FO2. The Hall–Kier alpha value is -0.600. The molecule has 29 heavy (non-hydrogen) atoms. The van der Waals surface area contributed by atoms with Crippen molar-refractivity contribution in [3.05, 3.63) is 0 Å². The first-order valence-corrected chi connectivity index (χ1v) is 12.9. The second-order valence-electron chi connectivity index (χ2n) is 10.4. The Kier molecular flexibility index (Phi) is 11.6. The second-order valence-corrected chi connectivity index (χ2v) is 10.4. The van der Waals surface area contributed by atoms with Gasteiger partial charge in [-0.1, -0.05) is 109 Å². The largest absolute Gasteiger partial charge is 0.481 e. The maximum absolute atomic E-state index is 13.5. The summed E-state index contributed by atoms with van der Waals surface area (Å²) < 4.78 is 13.5. The van der Waals surface area contributed by atoms with Crippen LogP contribution in [0.2, 0.25) is 0 Å². The smallest absolute Gasteiger partial charge is 0.303 e. The number of unbranched alkanes of at least 4 members (excludes halogenated alkanes) is 17. The lowest BCUT2D eigenvalue weighted by Gasteiger charge is -2.66. The third-order valence-electron chi connectivity index (χ3n) is 7.42. The molecule has 3 heteroatoms. The standard InChI is InChI=1S/C26H47FO2/c27-26-21-25(22-26,23-26)20-18-16-14-12-10-8-6-4-2-1-3-5-7-9-11-13-15-17-19-24(28)29/h1-23H2,(H,28,29). The predicted molar refractivity (Wildman–Crippen MR) is 120 cm³/mol. The number of aliphatic carboxylic acids is 1. The van der Waals surface area contributed by atoms with Gasteiger partial charge in [-0.25, -0.2) is 4.39 Å². The van der Waals surface area contributed by atoms with Crippen LogP contribution < -0.4 is 0 Å². The van der Waals surface area contributed by atoms with Crippen LogP contribution in [0.1, 0.15) is 148 Å². The summed E-state index contributed by atoms with van der Waals surface area (Å²) in [4.78, 5) is 10.4. The Bertz CT molecular complexity index is 428. The molecular weight excluding hydrogens is 363 g/mol. The second kappa shape index (κ2) is 13.7. The van der Waals surface area contributed by atoms with Crippen LogP contribution in [0.25, 0.3) is 0 Å². The monoisotopic (exact) mass is 410 g/mol. The van der Waals surface area contributed by atoms with Crippen LogP contribution in [-0.4, -0.2) is 16.7 Å². The molecule has 0 spiro atoms. The molecule has 0 saturated heterocycles. The lowest BCUT2D eigenvalue weighted by molar-refractivity contribution is -0.217. The van der Waals surface area contributed by atoms with E-state index in [9.17, 15) is 9.18 Å². The van der Waals surface area contributed by atoms with Crippen LogP contribution in [0.3, 0.4) is 0 Å². The van der Waals surface area contributed by atoms with Crippen molar-refractivity contribution in [1.29, 1.82) is 0 Å². The summed E-state index contributed by atoms with van der Waals surface area (Å²) in [6, 6.07) is 0. The van der Waals surface area contributed by atoms with Gasteiger partial charge in [0.25, 0.3) is 0 Å². The van der Waals surface area contributed by atoms with Gasteiger partial charge in [0.05, 0.1) is 0 Å². The van der Waals surface area contributed by atoms with E-state index in [0.717, 1.165) is 32.1 Å². The summed E-state index contributed by atoms with van der Waals surface area (Å²) in [5, 5.41) is 8.59. The molecule has 0 atom stereocenters. The van der Waals surface area contributed by atoms with Crippen molar-refractivity contribution in [1.82, 2.24) is 0 Å². The van der Waals surface area contributed by atoms with Crippen molar-refractivity contribution in [2.24, 2.45) is 5.41 Å². The summed E-state index contributed by atoms with van der Waals surface area (Å²) in [5.41, 5.74) is -0.233. The molecule has 3 aliphatic carbocycles. The first-order valence-electron chi connectivity index (χ1n) is 12.9. The van der Waals surface area contributed by atoms with E-state index in [1.54, 1.807) is 0 Å². The molecule has 0 aromatic carbocycles. The van der Waals surface area contributed by atoms with Crippen molar-refractivity contribution in [3.63, 3.8) is 0 Å². The minimum absolute atomic E-state index is 0.337. The van der Waals surface area contributed by atoms with Gasteiger partial charge in [-0.3, -0.25) is 4.79 Å². The van der Waals surface area contributed by atoms with Crippen molar-refractivity contribution >= 4 is 5.97 Å². The van der Waals surface area contributed by atoms with Gasteiger partial charge in [-0.2, -0.15) is 0 Å². The maximum atomic E-state index is 13.5. The van der Waals surface area contributed by atoms with Crippen LogP contribution in [0, 0.1) is 5.41 Å². The van der Waals surface area contributed by atoms with E-state index < -0.39 is 11.6 Å². The molecule has 0 heterocycles. The Morgan fingerprint density at radius 3 is 1.21 bits per heavy atom. The average molecular weight is 411 g/mol. The van der Waals surface area contributed by atoms with E-state index in [2.05, 4.69) is 0 Å². The number of carbonyl (C=O) groups is 1. The molecule has 3 fully saturated rings. The predicted octanol–water partition coefficient (Wildman–Crippen LogP) is 8.77. The number of carboxylic acids is 1. The van der Waals surface area contributed by atoms with E-state index in [-0.39, 0.29) is 0 Å². The van der Waals surface area contributed by atoms with Gasteiger partial charge >= 0.3 is 5.97 Å². The average Bonchev–Trinajstić information content (AvgIpc) is 2.63. The molecule has 2 bridgehead atoms. The van der Waals surface area contributed by atoms with Gasteiger partial charge in [0.2, 0.25) is 0 Å². The van der Waals surface area contributed by atoms with Gasteiger partial charge < -0.3 is 5.11 Å². The highest BCUT2D eigenvalue weighted by molar-refractivity contribution is 5.66. The normalized spacial score (nSPS) is 24.9. The van der Waals surface area contributed by atoms with Crippen molar-refractivity contribution in [3.8, 4) is 0 Å². The van der Waals surface area contributed by atoms with Crippen LogP contribution in [0.5, 0.6) is 0 Å². The molecule has 0 aromatic heterocycles. The topological polar surface area (TPSA) is 37.3 Å². The maximum Gasteiger partial charge on any atom is 0.303 e. The zero-order chi connectivity index (χ0) is 20.8. The summed E-state index contributed by atoms with van der Waals surface area (Å²) >= 11 is 0. The third kappa shape index (κ3) is 10.3. The van der Waals surface area contributed by atoms with E-state index >= 15 is 0 Å². The van der Waals surface area contributed by atoms with Crippen molar-refractivity contribution in [2.45, 2.75) is 153 Å². The Morgan fingerprint density at radius 1 is 0.586 bits per heavy atom. The molecule has 1 N–H and O–H groups in total. The van der Waals surface area contributed by atoms with E-state index in [0.29, 0.717) is 11.8 Å². The van der Waals surface area contributed by atoms with Crippen LogP contribution >= 0.6 is 0 Å². The first-order chi connectivity index (χ1) is 14.0. The summed E-state index contributed by atoms with van der Waals surface area (Å²) in [6.07, 6.45) is 28.1. The Labute approximate surface area is 179 Å². The molecule has 3 rings (SSSR count). The molecule has 170 valence electrons. The molecule has 2 nitrogen and oxygen atoms in total. The number of alkyl halides is 1. The highest BCUT2D eigenvalue weighted by Crippen LogP contribution is 2.71. The lowest BCUT2D eigenvalue weighted by Crippen LogP contribution is -2.64. The van der Waals surface area contributed by atoms with Gasteiger partial charge in [0.15, 0.2) is 0 Å². The van der Waals surface area contributed by atoms with Crippen LogP contribution in [0.15, 0.2) is 0 Å². The van der Waals surface area contributed by atoms with Crippen LogP contribution in [-0.2, 0) is 4.79 Å². The first kappa shape index (κ1) is 24.7. The van der Waals surface area contributed by atoms with Crippen molar-refractivity contribution in [2.75, 3.05) is 0 Å². The van der Waals surface area contributed by atoms with Gasteiger partial charge in [0, 0.05) is 6.42 Å². The number of carboxylic acid groups (broad SMARTS) is 1. The number of hydrogen-bond donors (Lipinski definition) is 1.